The van der Waals surface area contributed by atoms with Crippen LogP contribution >= 0.6 is 0 Å². The summed E-state index contributed by atoms with van der Waals surface area (Å²) < 4.78 is 40.9. The maximum Gasteiger partial charge on any atom is 0.449 e. The molecule has 0 radical (unpaired) electrons. The molecule has 26 heavy (non-hydrogen) atoms. The molecular weight excluding hydrogens is 345 g/mol. The molecule has 1 aromatic heterocycles. The minimum absolute atomic E-state index is 0.145. The zero-order chi connectivity index (χ0) is 19.6. The van der Waals surface area contributed by atoms with Gasteiger partial charge in [-0.2, -0.15) is 13.2 Å². The van der Waals surface area contributed by atoms with Crippen LogP contribution in [0, 0.1) is 5.92 Å². The van der Waals surface area contributed by atoms with Gasteiger partial charge < -0.3 is 15.6 Å². The molecule has 1 amide bonds. The lowest BCUT2D eigenvalue weighted by Gasteiger charge is -2.19. The van der Waals surface area contributed by atoms with Crippen LogP contribution in [0.5, 0.6) is 0 Å². The molecule has 1 atom stereocenters. The number of rotatable bonds is 6. The van der Waals surface area contributed by atoms with Crippen LogP contribution in [0.2, 0.25) is 0 Å². The third kappa shape index (κ3) is 4.35. The van der Waals surface area contributed by atoms with Gasteiger partial charge in [-0.1, -0.05) is 13.8 Å². The van der Waals surface area contributed by atoms with E-state index in [0.717, 1.165) is 11.0 Å². The smallest absolute Gasteiger partial charge is 0.348 e. The summed E-state index contributed by atoms with van der Waals surface area (Å²) in [5.74, 6) is -0.960. The summed E-state index contributed by atoms with van der Waals surface area (Å²) >= 11 is 0. The van der Waals surface area contributed by atoms with E-state index in [1.54, 1.807) is 13.8 Å². The van der Waals surface area contributed by atoms with Crippen LogP contribution in [0.15, 0.2) is 18.2 Å². The van der Waals surface area contributed by atoms with Gasteiger partial charge in [0.2, 0.25) is 5.82 Å². The molecule has 0 aliphatic heterocycles. The number of halogens is 3. The molecule has 2 rings (SSSR count). The molecule has 8 heteroatoms. The second-order valence-electron chi connectivity index (χ2n) is 7.14. The summed E-state index contributed by atoms with van der Waals surface area (Å²) in [4.78, 5) is 16.2. The lowest BCUT2D eigenvalue weighted by Crippen LogP contribution is -2.41. The molecule has 0 saturated carbocycles. The minimum atomic E-state index is -4.56. The van der Waals surface area contributed by atoms with Crippen molar-refractivity contribution in [2.75, 3.05) is 6.54 Å². The van der Waals surface area contributed by atoms with E-state index in [2.05, 4.69) is 10.3 Å². The lowest BCUT2D eigenvalue weighted by atomic mass is 10.0. The largest absolute Gasteiger partial charge is 0.449 e. The third-order valence-electron chi connectivity index (χ3n) is 4.10. The van der Waals surface area contributed by atoms with Crippen LogP contribution in [0.25, 0.3) is 11.0 Å². The fraction of sp³-hybridized carbons (Fsp3) is 0.556. The molecule has 5 nitrogen and oxygen atoms in total. The monoisotopic (exact) mass is 370 g/mol. The summed E-state index contributed by atoms with van der Waals surface area (Å²) in [5, 5.41) is 2.83. The van der Waals surface area contributed by atoms with Gasteiger partial charge in [-0.05, 0) is 44.4 Å². The van der Waals surface area contributed by atoms with E-state index < -0.39 is 18.0 Å². The van der Waals surface area contributed by atoms with Crippen molar-refractivity contribution >= 4 is 16.9 Å². The number of fused-ring (bicyclic) bond motifs is 1. The molecule has 0 aliphatic carbocycles. The Morgan fingerprint density at radius 3 is 2.42 bits per heavy atom. The quantitative estimate of drug-likeness (QED) is 0.814. The average molecular weight is 370 g/mol. The zero-order valence-electron chi connectivity index (χ0n) is 15.4. The van der Waals surface area contributed by atoms with Gasteiger partial charge in [0.1, 0.15) is 0 Å². The lowest BCUT2D eigenvalue weighted by molar-refractivity contribution is -0.147. The first-order valence-corrected chi connectivity index (χ1v) is 8.64. The third-order valence-corrected chi connectivity index (χ3v) is 4.10. The van der Waals surface area contributed by atoms with Crippen LogP contribution in [0.3, 0.4) is 0 Å². The van der Waals surface area contributed by atoms with E-state index in [-0.39, 0.29) is 23.0 Å². The summed E-state index contributed by atoms with van der Waals surface area (Å²) in [5.41, 5.74) is 6.45. The van der Waals surface area contributed by atoms with Crippen LogP contribution in [0.1, 0.15) is 56.3 Å². The number of amides is 1. The van der Waals surface area contributed by atoms with Crippen molar-refractivity contribution in [2.45, 2.75) is 52.4 Å². The maximum atomic E-state index is 13.3. The van der Waals surface area contributed by atoms with Crippen molar-refractivity contribution < 1.29 is 18.0 Å². The molecule has 0 saturated heterocycles. The highest BCUT2D eigenvalue weighted by Crippen LogP contribution is 2.33. The topological polar surface area (TPSA) is 72.9 Å². The number of nitrogens with two attached hydrogens (primary N) is 1. The van der Waals surface area contributed by atoms with Gasteiger partial charge in [0, 0.05) is 24.2 Å². The SMILES string of the molecule is CC(C)CC(CN)NC(=O)c1ccc2c(c1)nc(C(F)(F)F)n2C(C)C. The van der Waals surface area contributed by atoms with Gasteiger partial charge in [0.15, 0.2) is 0 Å². The van der Waals surface area contributed by atoms with E-state index in [4.69, 9.17) is 5.73 Å². The fourth-order valence-corrected chi connectivity index (χ4v) is 3.01. The molecule has 1 aromatic carbocycles. The summed E-state index contributed by atoms with van der Waals surface area (Å²) in [6.45, 7) is 7.67. The van der Waals surface area contributed by atoms with E-state index >= 15 is 0 Å². The Labute approximate surface area is 150 Å². The molecule has 3 N–H and O–H groups in total. The average Bonchev–Trinajstić information content (AvgIpc) is 2.92. The molecule has 1 heterocycles. The number of imidazole rings is 1. The second kappa shape index (κ2) is 7.65. The second-order valence-corrected chi connectivity index (χ2v) is 7.14. The number of aromatic nitrogens is 2. The number of carbonyl (C=O) groups excluding carboxylic acids is 1. The summed E-state index contributed by atoms with van der Waals surface area (Å²) in [7, 11) is 0. The molecule has 0 spiro atoms. The Balaban J connectivity index is 2.38. The van der Waals surface area contributed by atoms with Crippen molar-refractivity contribution in [1.82, 2.24) is 14.9 Å². The number of carbonyl (C=O) groups is 1. The Kier molecular flexibility index (Phi) is 5.95. The van der Waals surface area contributed by atoms with Gasteiger partial charge in [-0.25, -0.2) is 4.98 Å². The van der Waals surface area contributed by atoms with E-state index in [1.807, 2.05) is 13.8 Å². The normalized spacial score (nSPS) is 13.6. The van der Waals surface area contributed by atoms with Crippen LogP contribution < -0.4 is 11.1 Å². The Morgan fingerprint density at radius 2 is 1.92 bits per heavy atom. The number of hydrogen-bond acceptors (Lipinski definition) is 3. The van der Waals surface area contributed by atoms with E-state index in [1.165, 1.54) is 18.2 Å². The minimum Gasteiger partial charge on any atom is -0.348 e. The van der Waals surface area contributed by atoms with Gasteiger partial charge in [0.05, 0.1) is 11.0 Å². The maximum absolute atomic E-state index is 13.3. The standard InChI is InChI=1S/C18H25F3N4O/c1-10(2)7-13(9-22)23-16(26)12-5-6-15-14(8-12)24-17(18(19,20)21)25(15)11(3)4/h5-6,8,10-11,13H,7,9,22H2,1-4H3,(H,23,26). The molecule has 1 unspecified atom stereocenters. The van der Waals surface area contributed by atoms with Crippen LogP contribution in [-0.2, 0) is 6.18 Å². The fourth-order valence-electron chi connectivity index (χ4n) is 3.01. The molecule has 0 bridgehead atoms. The molecule has 0 fully saturated rings. The molecular formula is C18H25F3N4O. The van der Waals surface area contributed by atoms with Crippen LogP contribution in [-0.4, -0.2) is 28.0 Å². The van der Waals surface area contributed by atoms with Gasteiger partial charge in [0.25, 0.3) is 5.91 Å². The highest BCUT2D eigenvalue weighted by molar-refractivity contribution is 5.97. The van der Waals surface area contributed by atoms with Gasteiger partial charge in [-0.3, -0.25) is 4.79 Å². The number of hydrogen-bond donors (Lipinski definition) is 2. The van der Waals surface area contributed by atoms with Crippen molar-refractivity contribution in [2.24, 2.45) is 11.7 Å². The number of nitrogens with one attached hydrogen (secondary N) is 1. The Morgan fingerprint density at radius 1 is 1.27 bits per heavy atom. The Bertz CT molecular complexity index is 781. The highest BCUT2D eigenvalue weighted by atomic mass is 19.4. The van der Waals surface area contributed by atoms with E-state index in [0.29, 0.717) is 18.0 Å². The van der Waals surface area contributed by atoms with Crippen molar-refractivity contribution in [1.29, 1.82) is 0 Å². The highest BCUT2D eigenvalue weighted by Gasteiger charge is 2.38. The predicted molar refractivity (Wildman–Crippen MR) is 94.9 cm³/mol. The molecule has 2 aromatic rings. The van der Waals surface area contributed by atoms with Crippen molar-refractivity contribution in [3.05, 3.63) is 29.6 Å². The first kappa shape index (κ1) is 20.2. The first-order chi connectivity index (χ1) is 12.0. The van der Waals surface area contributed by atoms with Crippen molar-refractivity contribution in [3.8, 4) is 0 Å². The van der Waals surface area contributed by atoms with E-state index in [9.17, 15) is 18.0 Å². The molecule has 144 valence electrons. The summed E-state index contributed by atoms with van der Waals surface area (Å²) in [6, 6.07) is 3.82. The predicted octanol–water partition coefficient (Wildman–Crippen LogP) is 3.74. The van der Waals surface area contributed by atoms with Gasteiger partial charge in [-0.15, -0.1) is 0 Å². The Hall–Kier alpha value is -2.09. The number of benzene rings is 1. The van der Waals surface area contributed by atoms with Crippen LogP contribution in [0.4, 0.5) is 13.2 Å². The number of nitrogens with zero attached hydrogens (tertiary/aromatic N) is 2. The van der Waals surface area contributed by atoms with Gasteiger partial charge >= 0.3 is 6.18 Å². The number of alkyl halides is 3. The first-order valence-electron chi connectivity index (χ1n) is 8.64. The van der Waals surface area contributed by atoms with Crippen molar-refractivity contribution in [3.63, 3.8) is 0 Å². The summed E-state index contributed by atoms with van der Waals surface area (Å²) in [6.07, 6.45) is -3.84. The molecule has 0 aliphatic rings. The zero-order valence-corrected chi connectivity index (χ0v) is 15.4.